The van der Waals surface area contributed by atoms with Gasteiger partial charge in [0.15, 0.2) is 0 Å². The lowest BCUT2D eigenvalue weighted by Gasteiger charge is -2.38. The summed E-state index contributed by atoms with van der Waals surface area (Å²) in [7, 11) is 2.26. The van der Waals surface area contributed by atoms with Crippen LogP contribution < -0.4 is 5.32 Å². The predicted octanol–water partition coefficient (Wildman–Crippen LogP) is 3.54. The second-order valence-corrected chi connectivity index (χ2v) is 7.42. The summed E-state index contributed by atoms with van der Waals surface area (Å²) in [5, 5.41) is 3.68. The maximum absolute atomic E-state index is 5.89. The quantitative estimate of drug-likeness (QED) is 0.667. The van der Waals surface area contributed by atoms with E-state index in [1.165, 1.54) is 38.6 Å². The first-order valence-corrected chi connectivity index (χ1v) is 9.02. The molecule has 21 heavy (non-hydrogen) atoms. The van der Waals surface area contributed by atoms with Crippen LogP contribution in [0, 0.1) is 11.3 Å². The molecule has 3 heteroatoms. The molecule has 1 rings (SSSR count). The summed E-state index contributed by atoms with van der Waals surface area (Å²) in [4.78, 5) is 2.50. The molecule has 1 atom stereocenters. The number of likely N-dealkylation sites (N-methyl/N-ethyl adjacent to an activating group) is 1. The van der Waals surface area contributed by atoms with Gasteiger partial charge in [-0.3, -0.25) is 0 Å². The Morgan fingerprint density at radius 3 is 2.48 bits per heavy atom. The first-order valence-electron chi connectivity index (χ1n) is 9.02. The van der Waals surface area contributed by atoms with Crippen LogP contribution in [0.3, 0.4) is 0 Å². The fourth-order valence-corrected chi connectivity index (χ4v) is 3.34. The molecule has 0 aliphatic carbocycles. The Balaban J connectivity index is 2.42. The summed E-state index contributed by atoms with van der Waals surface area (Å²) in [6.45, 7) is 14.7. The Kier molecular flexibility index (Phi) is 8.84. The average Bonchev–Trinajstić information content (AvgIpc) is 2.46. The van der Waals surface area contributed by atoms with E-state index in [-0.39, 0.29) is 0 Å². The van der Waals surface area contributed by atoms with Gasteiger partial charge in [-0.05, 0) is 57.0 Å². The molecule has 0 aromatic rings. The van der Waals surface area contributed by atoms with Crippen LogP contribution >= 0.6 is 0 Å². The summed E-state index contributed by atoms with van der Waals surface area (Å²) < 4.78 is 5.89. The van der Waals surface area contributed by atoms with Crippen LogP contribution in [0.4, 0.5) is 0 Å². The topological polar surface area (TPSA) is 24.5 Å². The maximum atomic E-state index is 5.89. The van der Waals surface area contributed by atoms with Gasteiger partial charge in [-0.2, -0.15) is 0 Å². The molecule has 1 unspecified atom stereocenters. The lowest BCUT2D eigenvalue weighted by Crippen LogP contribution is -2.45. The van der Waals surface area contributed by atoms with Crippen molar-refractivity contribution in [3.8, 4) is 0 Å². The molecule has 1 saturated heterocycles. The van der Waals surface area contributed by atoms with E-state index in [9.17, 15) is 0 Å². The number of ether oxygens (including phenoxy) is 1. The summed E-state index contributed by atoms with van der Waals surface area (Å²) in [6, 6.07) is 0. The maximum Gasteiger partial charge on any atom is 0.0701 e. The Hall–Kier alpha value is -0.120. The second-order valence-electron chi connectivity index (χ2n) is 7.42. The van der Waals surface area contributed by atoms with Crippen molar-refractivity contribution in [2.75, 3.05) is 39.8 Å². The molecular weight excluding hydrogens is 260 g/mol. The summed E-state index contributed by atoms with van der Waals surface area (Å²) in [5.74, 6) is 0.727. The van der Waals surface area contributed by atoms with Gasteiger partial charge < -0.3 is 15.0 Å². The molecule has 0 aromatic heterocycles. The van der Waals surface area contributed by atoms with Crippen LogP contribution in [-0.4, -0.2) is 50.8 Å². The molecule has 0 radical (unpaired) electrons. The zero-order valence-corrected chi connectivity index (χ0v) is 15.1. The van der Waals surface area contributed by atoms with E-state index in [1.54, 1.807) is 0 Å². The van der Waals surface area contributed by atoms with Crippen molar-refractivity contribution < 1.29 is 4.74 Å². The molecule has 0 saturated carbocycles. The van der Waals surface area contributed by atoms with E-state index in [4.69, 9.17) is 4.74 Å². The number of hydrogen-bond acceptors (Lipinski definition) is 3. The van der Waals surface area contributed by atoms with Crippen LogP contribution in [-0.2, 0) is 4.74 Å². The van der Waals surface area contributed by atoms with Crippen molar-refractivity contribution in [2.45, 2.75) is 65.9 Å². The van der Waals surface area contributed by atoms with Crippen LogP contribution in [0.2, 0.25) is 0 Å². The van der Waals surface area contributed by atoms with Crippen LogP contribution in [0.5, 0.6) is 0 Å². The van der Waals surface area contributed by atoms with Crippen molar-refractivity contribution in [1.29, 1.82) is 0 Å². The minimum atomic E-state index is 0.401. The highest BCUT2D eigenvalue weighted by molar-refractivity contribution is 4.83. The van der Waals surface area contributed by atoms with Gasteiger partial charge in [-0.25, -0.2) is 0 Å². The monoisotopic (exact) mass is 298 g/mol. The Morgan fingerprint density at radius 2 is 1.95 bits per heavy atom. The molecule has 1 heterocycles. The first-order chi connectivity index (χ1) is 10.0. The molecule has 3 nitrogen and oxygen atoms in total. The third kappa shape index (κ3) is 7.12. The molecule has 0 amide bonds. The molecular formula is C18H38N2O. The minimum absolute atomic E-state index is 0.401. The largest absolute Gasteiger partial charge is 0.377 e. The zero-order valence-electron chi connectivity index (χ0n) is 15.1. The van der Waals surface area contributed by atoms with Gasteiger partial charge in [0, 0.05) is 26.2 Å². The molecule has 0 spiro atoms. The highest BCUT2D eigenvalue weighted by Crippen LogP contribution is 2.27. The minimum Gasteiger partial charge on any atom is -0.377 e. The normalized spacial score (nSPS) is 20.4. The molecule has 0 aromatic carbocycles. The lowest BCUT2D eigenvalue weighted by atomic mass is 9.81. The van der Waals surface area contributed by atoms with E-state index in [0.717, 1.165) is 32.2 Å². The Morgan fingerprint density at radius 1 is 1.24 bits per heavy atom. The lowest BCUT2D eigenvalue weighted by molar-refractivity contribution is -0.00853. The number of rotatable bonds is 10. The van der Waals surface area contributed by atoms with Crippen molar-refractivity contribution in [3.63, 3.8) is 0 Å². The van der Waals surface area contributed by atoms with E-state index < -0.39 is 0 Å². The predicted molar refractivity (Wildman–Crippen MR) is 91.8 cm³/mol. The van der Waals surface area contributed by atoms with Gasteiger partial charge in [-0.1, -0.05) is 27.7 Å². The van der Waals surface area contributed by atoms with Crippen molar-refractivity contribution in [3.05, 3.63) is 0 Å². The van der Waals surface area contributed by atoms with E-state index >= 15 is 0 Å². The fourth-order valence-electron chi connectivity index (χ4n) is 3.34. The number of hydrogen-bond donors (Lipinski definition) is 1. The number of nitrogens with one attached hydrogen (secondary N) is 1. The molecule has 1 aliphatic heterocycles. The van der Waals surface area contributed by atoms with Crippen molar-refractivity contribution >= 4 is 0 Å². The zero-order chi connectivity index (χ0) is 15.7. The van der Waals surface area contributed by atoms with Gasteiger partial charge in [-0.15, -0.1) is 0 Å². The van der Waals surface area contributed by atoms with Gasteiger partial charge >= 0.3 is 0 Å². The third-order valence-corrected chi connectivity index (χ3v) is 4.95. The van der Waals surface area contributed by atoms with Crippen LogP contribution in [0.15, 0.2) is 0 Å². The first kappa shape index (κ1) is 18.9. The summed E-state index contributed by atoms with van der Waals surface area (Å²) >= 11 is 0. The SMILES string of the molecule is CCC(CC)(CNCC(C)C)CN(C)CC1CCCCO1. The number of nitrogens with zero attached hydrogens (tertiary/aromatic N) is 1. The smallest absolute Gasteiger partial charge is 0.0701 e. The van der Waals surface area contributed by atoms with E-state index in [0.29, 0.717) is 11.5 Å². The van der Waals surface area contributed by atoms with Gasteiger partial charge in [0.25, 0.3) is 0 Å². The van der Waals surface area contributed by atoms with Crippen molar-refractivity contribution in [2.24, 2.45) is 11.3 Å². The Bertz CT molecular complexity index is 258. The molecule has 1 aliphatic rings. The second kappa shape index (κ2) is 9.81. The highest BCUT2D eigenvalue weighted by atomic mass is 16.5. The van der Waals surface area contributed by atoms with Gasteiger partial charge in [0.1, 0.15) is 0 Å². The van der Waals surface area contributed by atoms with E-state index in [2.05, 4.69) is 45.0 Å². The molecule has 1 fully saturated rings. The average molecular weight is 299 g/mol. The van der Waals surface area contributed by atoms with Crippen LogP contribution in [0.25, 0.3) is 0 Å². The van der Waals surface area contributed by atoms with Gasteiger partial charge in [0.05, 0.1) is 6.10 Å². The Labute approximate surface area is 132 Å². The van der Waals surface area contributed by atoms with Crippen molar-refractivity contribution in [1.82, 2.24) is 10.2 Å². The van der Waals surface area contributed by atoms with E-state index in [1.807, 2.05) is 0 Å². The standard InChI is InChI=1S/C18H38N2O/c1-6-18(7-2,14-19-12-16(3)4)15-20(5)13-17-10-8-9-11-21-17/h16-17,19H,6-15H2,1-5H3. The van der Waals surface area contributed by atoms with Crippen LogP contribution in [0.1, 0.15) is 59.8 Å². The molecule has 126 valence electrons. The summed E-state index contributed by atoms with van der Waals surface area (Å²) in [5.41, 5.74) is 0.401. The highest BCUT2D eigenvalue weighted by Gasteiger charge is 2.28. The molecule has 1 N–H and O–H groups in total. The fraction of sp³-hybridized carbons (Fsp3) is 1.00. The molecule has 0 bridgehead atoms. The summed E-state index contributed by atoms with van der Waals surface area (Å²) in [6.07, 6.45) is 6.75. The van der Waals surface area contributed by atoms with Gasteiger partial charge in [0.2, 0.25) is 0 Å². The third-order valence-electron chi connectivity index (χ3n) is 4.95.